The number of ether oxygens (including phenoxy) is 2. The lowest BCUT2D eigenvalue weighted by Crippen LogP contribution is -2.41. The lowest BCUT2D eigenvalue weighted by atomic mass is 9.87. The molecule has 4 atom stereocenters. The maximum absolute atomic E-state index is 14.4. The summed E-state index contributed by atoms with van der Waals surface area (Å²) >= 11 is 0. The Labute approximate surface area is 307 Å². The van der Waals surface area contributed by atoms with Gasteiger partial charge in [-0.15, -0.1) is 0 Å². The van der Waals surface area contributed by atoms with Crippen molar-refractivity contribution in [1.29, 1.82) is 0 Å². The highest BCUT2D eigenvalue weighted by Gasteiger charge is 2.40. The van der Waals surface area contributed by atoms with Gasteiger partial charge >= 0.3 is 12.1 Å². The minimum atomic E-state index is -4.76. The van der Waals surface area contributed by atoms with Gasteiger partial charge in [-0.25, -0.2) is 4.39 Å². The number of carbonyl (C=O) groups is 2. The summed E-state index contributed by atoms with van der Waals surface area (Å²) in [7, 11) is 0. The molecule has 3 heterocycles. The van der Waals surface area contributed by atoms with Gasteiger partial charge in [-0.1, -0.05) is 19.9 Å². The number of fused-ring (bicyclic) bond motifs is 3. The molecule has 3 aliphatic rings. The minimum Gasteiger partial charge on any atom is -0.466 e. The topological polar surface area (TPSA) is 89.9 Å². The summed E-state index contributed by atoms with van der Waals surface area (Å²) in [5.41, 5.74) is 4.21. The number of aryl methyl sites for hydroxylation is 3. The fourth-order valence-electron chi connectivity index (χ4n) is 8.51. The van der Waals surface area contributed by atoms with E-state index in [0.29, 0.717) is 31.3 Å². The number of nitrogens with zero attached hydrogens (tertiary/aromatic N) is 2. The third-order valence-corrected chi connectivity index (χ3v) is 10.9. The van der Waals surface area contributed by atoms with E-state index in [4.69, 9.17) is 9.47 Å². The summed E-state index contributed by atoms with van der Waals surface area (Å²) in [6.45, 7) is 10.8. The number of likely N-dealkylation sites (tertiary alicyclic amines) is 1. The van der Waals surface area contributed by atoms with Crippen molar-refractivity contribution in [2.45, 2.75) is 110 Å². The van der Waals surface area contributed by atoms with Gasteiger partial charge in [-0.05, 0) is 128 Å². The zero-order valence-corrected chi connectivity index (χ0v) is 31.1. The molecule has 6 rings (SSSR count). The number of amides is 1. The molecule has 2 bridgehead atoms. The number of nitrogens with one attached hydrogen (secondary N) is 1. The summed E-state index contributed by atoms with van der Waals surface area (Å²) in [5.74, 6) is -1.57. The first-order valence-corrected chi connectivity index (χ1v) is 18.7. The van der Waals surface area contributed by atoms with Crippen LogP contribution in [-0.4, -0.2) is 59.8 Å². The number of pyridine rings is 1. The standard InChI is InChI=1S/C41H49F4N3O5/c1-6-52-38(50)19-35(28-15-26-8-7-9-32(26)33(16-28)39-24(4)13-29(42)14-25(39)5)46-40(51)36(12-23(2)3)48-20-27(34(18-37(48)49)41(43,44)45)10-11-47-21-31-17-30(47)22-53-31/h13-16,18,20,23,30-31,35-36H,6-12,17,19,21-22H2,1-5H3,(H,46,51)/t30-,31-,35?,36?/m0/s1. The maximum Gasteiger partial charge on any atom is 0.416 e. The van der Waals surface area contributed by atoms with Gasteiger partial charge in [-0.3, -0.25) is 19.3 Å². The molecule has 12 heteroatoms. The van der Waals surface area contributed by atoms with Crippen LogP contribution in [0.3, 0.4) is 0 Å². The fourth-order valence-corrected chi connectivity index (χ4v) is 8.51. The van der Waals surface area contributed by atoms with Crippen molar-refractivity contribution in [3.05, 3.63) is 91.6 Å². The van der Waals surface area contributed by atoms with E-state index in [1.54, 1.807) is 6.92 Å². The first kappa shape index (κ1) is 38.7. The second-order valence-corrected chi connectivity index (χ2v) is 15.2. The number of morpholine rings is 1. The van der Waals surface area contributed by atoms with Gasteiger partial charge < -0.3 is 19.4 Å². The fraction of sp³-hybridized carbons (Fsp3) is 0.537. The zero-order valence-electron chi connectivity index (χ0n) is 31.1. The Hall–Kier alpha value is -4.03. The lowest BCUT2D eigenvalue weighted by molar-refractivity contribution is -0.144. The molecule has 0 radical (unpaired) electrons. The second-order valence-electron chi connectivity index (χ2n) is 15.2. The van der Waals surface area contributed by atoms with Crippen LogP contribution in [0.4, 0.5) is 17.6 Å². The number of aromatic nitrogens is 1. The number of alkyl halides is 3. The molecule has 0 spiro atoms. The maximum atomic E-state index is 14.4. The van der Waals surface area contributed by atoms with E-state index in [0.717, 1.165) is 63.6 Å². The highest BCUT2D eigenvalue weighted by atomic mass is 19.4. The number of carbonyl (C=O) groups excluding carboxylic acids is 2. The number of hydrogen-bond donors (Lipinski definition) is 1. The van der Waals surface area contributed by atoms with Crippen molar-refractivity contribution >= 4 is 11.9 Å². The zero-order chi connectivity index (χ0) is 38.2. The van der Waals surface area contributed by atoms with E-state index in [1.165, 1.54) is 18.3 Å². The average molecular weight is 740 g/mol. The van der Waals surface area contributed by atoms with Crippen molar-refractivity contribution in [2.24, 2.45) is 5.92 Å². The molecule has 2 aromatic carbocycles. The minimum absolute atomic E-state index is 0.0416. The summed E-state index contributed by atoms with van der Waals surface area (Å²) in [6.07, 6.45) is -0.0684. The molecule has 1 N–H and O–H groups in total. The Balaban J connectivity index is 1.37. The molecule has 1 aromatic heterocycles. The van der Waals surface area contributed by atoms with E-state index in [2.05, 4.69) is 10.2 Å². The summed E-state index contributed by atoms with van der Waals surface area (Å²) < 4.78 is 69.4. The van der Waals surface area contributed by atoms with Crippen molar-refractivity contribution in [3.8, 4) is 11.1 Å². The Morgan fingerprint density at radius 3 is 2.43 bits per heavy atom. The normalized spacial score (nSPS) is 19.4. The molecule has 3 aromatic rings. The molecule has 2 saturated heterocycles. The number of rotatable bonds is 13. The van der Waals surface area contributed by atoms with E-state index < -0.39 is 41.3 Å². The van der Waals surface area contributed by atoms with Gasteiger partial charge in [0.25, 0.3) is 5.56 Å². The van der Waals surface area contributed by atoms with Crippen molar-refractivity contribution in [3.63, 3.8) is 0 Å². The van der Waals surface area contributed by atoms with Crippen molar-refractivity contribution < 1.29 is 36.6 Å². The molecule has 8 nitrogen and oxygen atoms in total. The van der Waals surface area contributed by atoms with Gasteiger partial charge in [-0.2, -0.15) is 13.2 Å². The highest BCUT2D eigenvalue weighted by Crippen LogP contribution is 2.40. The Kier molecular flexibility index (Phi) is 11.5. The van der Waals surface area contributed by atoms with Crippen LogP contribution in [0.1, 0.15) is 97.5 Å². The lowest BCUT2D eigenvalue weighted by Gasteiger charge is -2.28. The first-order chi connectivity index (χ1) is 25.1. The van der Waals surface area contributed by atoms with E-state index >= 15 is 0 Å². The molecular formula is C41H49F4N3O5. The molecule has 1 aliphatic carbocycles. The van der Waals surface area contributed by atoms with Gasteiger partial charge in [0, 0.05) is 31.4 Å². The second kappa shape index (κ2) is 15.8. The molecule has 2 fully saturated rings. The number of benzene rings is 2. The van der Waals surface area contributed by atoms with Crippen LogP contribution in [0.15, 0.2) is 41.3 Å². The monoisotopic (exact) mass is 739 g/mol. The van der Waals surface area contributed by atoms with Crippen LogP contribution in [-0.2, 0) is 44.5 Å². The van der Waals surface area contributed by atoms with E-state index in [9.17, 15) is 31.9 Å². The Morgan fingerprint density at radius 2 is 1.81 bits per heavy atom. The van der Waals surface area contributed by atoms with Gasteiger partial charge in [0.15, 0.2) is 0 Å². The van der Waals surface area contributed by atoms with Gasteiger partial charge in [0.1, 0.15) is 11.9 Å². The van der Waals surface area contributed by atoms with E-state index in [-0.39, 0.29) is 55.3 Å². The Morgan fingerprint density at radius 1 is 1.08 bits per heavy atom. The number of esters is 1. The number of hydrogen-bond acceptors (Lipinski definition) is 6. The van der Waals surface area contributed by atoms with Crippen LogP contribution in [0.2, 0.25) is 0 Å². The predicted octanol–water partition coefficient (Wildman–Crippen LogP) is 7.19. The van der Waals surface area contributed by atoms with Gasteiger partial charge in [0.2, 0.25) is 5.91 Å². The van der Waals surface area contributed by atoms with Crippen LogP contribution in [0, 0.1) is 25.6 Å². The quantitative estimate of drug-likeness (QED) is 0.148. The smallest absolute Gasteiger partial charge is 0.416 e. The third-order valence-electron chi connectivity index (χ3n) is 10.9. The molecule has 0 saturated carbocycles. The van der Waals surface area contributed by atoms with Crippen LogP contribution >= 0.6 is 0 Å². The average Bonchev–Trinajstić information content (AvgIpc) is 3.83. The summed E-state index contributed by atoms with van der Waals surface area (Å²) in [6, 6.07) is 5.64. The molecule has 2 aliphatic heterocycles. The predicted molar refractivity (Wildman–Crippen MR) is 193 cm³/mol. The van der Waals surface area contributed by atoms with Crippen LogP contribution in [0.25, 0.3) is 11.1 Å². The van der Waals surface area contributed by atoms with E-state index in [1.807, 2.05) is 39.8 Å². The van der Waals surface area contributed by atoms with Crippen LogP contribution < -0.4 is 10.9 Å². The highest BCUT2D eigenvalue weighted by molar-refractivity contribution is 5.82. The molecule has 286 valence electrons. The first-order valence-electron chi connectivity index (χ1n) is 18.7. The molecule has 2 unspecified atom stereocenters. The number of halogens is 4. The van der Waals surface area contributed by atoms with Crippen LogP contribution in [0.5, 0.6) is 0 Å². The Bertz CT molecular complexity index is 1900. The SMILES string of the molecule is CCOC(=O)CC(NC(=O)C(CC(C)C)n1cc(CCN2C[C@@H]3C[C@H]2CO3)c(C(F)(F)F)cc1=O)c1cc2c(c(-c3c(C)cc(F)cc3C)c1)CCC2. The summed E-state index contributed by atoms with van der Waals surface area (Å²) in [5, 5.41) is 3.02. The largest absolute Gasteiger partial charge is 0.466 e. The molecule has 53 heavy (non-hydrogen) atoms. The van der Waals surface area contributed by atoms with Gasteiger partial charge in [0.05, 0.1) is 37.3 Å². The third kappa shape index (κ3) is 8.54. The molecular weight excluding hydrogens is 690 g/mol. The molecule has 1 amide bonds. The summed E-state index contributed by atoms with van der Waals surface area (Å²) in [4.78, 5) is 43.1. The van der Waals surface area contributed by atoms with Crippen molar-refractivity contribution in [2.75, 3.05) is 26.3 Å². The van der Waals surface area contributed by atoms with Crippen molar-refractivity contribution in [1.82, 2.24) is 14.8 Å².